The van der Waals surface area contributed by atoms with E-state index in [1.165, 1.54) is 0 Å². The number of anilines is 1. The van der Waals surface area contributed by atoms with Gasteiger partial charge in [0.25, 0.3) is 0 Å². The Morgan fingerprint density at radius 3 is 2.33 bits per heavy atom. The molecule has 2 aromatic carbocycles. The molecule has 0 atom stereocenters. The molecule has 1 N–H and O–H groups in total. The molecule has 108 valence electrons. The number of fused-ring (bicyclic) bond motifs is 1. The van der Waals surface area contributed by atoms with Gasteiger partial charge in [-0.3, -0.25) is 0 Å². The maximum atomic E-state index is 6.15. The van der Waals surface area contributed by atoms with Gasteiger partial charge >= 0.3 is 0 Å². The first kappa shape index (κ1) is 14.9. The first-order valence-electron chi connectivity index (χ1n) is 6.10. The van der Waals surface area contributed by atoms with Gasteiger partial charge in [0.15, 0.2) is 5.22 Å². The smallest absolute Gasteiger partial charge is 0.199 e. The second kappa shape index (κ2) is 5.98. The minimum Gasteiger partial charge on any atom is -0.444 e. The second-order valence-corrected chi connectivity index (χ2v) is 6.04. The quantitative estimate of drug-likeness (QED) is 0.564. The van der Waals surface area contributed by atoms with Gasteiger partial charge in [-0.05, 0) is 29.8 Å². The van der Waals surface area contributed by atoms with Crippen LogP contribution < -0.4 is 5.32 Å². The topological polar surface area (TPSA) is 25.2 Å². The molecule has 0 spiro atoms. The fourth-order valence-electron chi connectivity index (χ4n) is 2.12. The molecule has 0 fully saturated rings. The van der Waals surface area contributed by atoms with Gasteiger partial charge in [-0.15, -0.1) is 0 Å². The number of hydrogen-bond donors (Lipinski definition) is 1. The average Bonchev–Trinajstić information content (AvgIpc) is 2.73. The number of halogens is 4. The molecule has 0 aliphatic carbocycles. The average molecular weight is 361 g/mol. The van der Waals surface area contributed by atoms with Gasteiger partial charge in [-0.25, -0.2) is 0 Å². The lowest BCUT2D eigenvalue weighted by Gasteiger charge is -2.10. The van der Waals surface area contributed by atoms with Crippen LogP contribution in [-0.4, -0.2) is 0 Å². The highest BCUT2D eigenvalue weighted by Gasteiger charge is 2.13. The minimum atomic E-state index is 0.352. The highest BCUT2D eigenvalue weighted by molar-refractivity contribution is 6.41. The Kier molecular flexibility index (Phi) is 4.23. The molecule has 0 aliphatic rings. The summed E-state index contributed by atoms with van der Waals surface area (Å²) in [4.78, 5) is 0. The zero-order valence-corrected chi connectivity index (χ0v) is 13.6. The number of benzene rings is 2. The second-order valence-electron chi connectivity index (χ2n) is 4.45. The standard InChI is InChI=1S/C15H9Cl4NO/c16-8-5-11(17)14(12(18)6-8)20-7-10-9-3-1-2-4-13(9)21-15(10)19/h1-6,20H,7H2. The fourth-order valence-corrected chi connectivity index (χ4v) is 3.32. The fraction of sp³-hybridized carbons (Fsp3) is 0.0667. The van der Waals surface area contributed by atoms with Gasteiger partial charge in [-0.2, -0.15) is 0 Å². The van der Waals surface area contributed by atoms with Crippen LogP contribution >= 0.6 is 46.4 Å². The molecule has 0 aliphatic heterocycles. The molecule has 0 bridgehead atoms. The number of hydrogen-bond acceptors (Lipinski definition) is 2. The van der Waals surface area contributed by atoms with Crippen molar-refractivity contribution in [1.82, 2.24) is 0 Å². The van der Waals surface area contributed by atoms with Crippen molar-refractivity contribution in [3.63, 3.8) is 0 Å². The zero-order valence-electron chi connectivity index (χ0n) is 10.6. The largest absolute Gasteiger partial charge is 0.444 e. The lowest BCUT2D eigenvalue weighted by Crippen LogP contribution is -2.00. The van der Waals surface area contributed by atoms with Crippen molar-refractivity contribution in [3.8, 4) is 0 Å². The SMILES string of the molecule is Clc1cc(Cl)c(NCc2c(Cl)oc3ccccc23)c(Cl)c1. The van der Waals surface area contributed by atoms with Crippen molar-refractivity contribution in [2.45, 2.75) is 6.54 Å². The Hall–Kier alpha value is -1.06. The van der Waals surface area contributed by atoms with Crippen LogP contribution in [0.3, 0.4) is 0 Å². The van der Waals surface area contributed by atoms with Gasteiger partial charge in [0, 0.05) is 22.5 Å². The summed E-state index contributed by atoms with van der Waals surface area (Å²) in [7, 11) is 0. The molecule has 0 saturated heterocycles. The Labute approximate surface area is 141 Å². The summed E-state index contributed by atoms with van der Waals surface area (Å²) < 4.78 is 5.51. The van der Waals surface area contributed by atoms with E-state index in [2.05, 4.69) is 5.32 Å². The van der Waals surface area contributed by atoms with Crippen molar-refractivity contribution < 1.29 is 4.42 Å². The van der Waals surface area contributed by atoms with Crippen LogP contribution in [0.1, 0.15) is 5.56 Å². The van der Waals surface area contributed by atoms with E-state index in [4.69, 9.17) is 50.8 Å². The van der Waals surface area contributed by atoms with Crippen molar-refractivity contribution >= 4 is 63.1 Å². The van der Waals surface area contributed by atoms with Gasteiger partial charge < -0.3 is 9.73 Å². The maximum Gasteiger partial charge on any atom is 0.199 e. The van der Waals surface area contributed by atoms with E-state index in [0.717, 1.165) is 16.5 Å². The molecule has 3 rings (SSSR count). The molecule has 1 heterocycles. The summed E-state index contributed by atoms with van der Waals surface area (Å²) in [6.45, 7) is 0.441. The predicted molar refractivity (Wildman–Crippen MR) is 90.0 cm³/mol. The van der Waals surface area contributed by atoms with E-state index in [1.54, 1.807) is 12.1 Å². The Morgan fingerprint density at radius 2 is 1.62 bits per heavy atom. The normalized spacial score (nSPS) is 11.0. The molecule has 2 nitrogen and oxygen atoms in total. The highest BCUT2D eigenvalue weighted by Crippen LogP contribution is 2.35. The molecular formula is C15H9Cl4NO. The van der Waals surface area contributed by atoms with Crippen molar-refractivity contribution in [1.29, 1.82) is 0 Å². The molecule has 21 heavy (non-hydrogen) atoms. The molecule has 3 aromatic rings. The molecule has 0 amide bonds. The number of nitrogens with one attached hydrogen (secondary N) is 1. The molecular weight excluding hydrogens is 352 g/mol. The third-order valence-electron chi connectivity index (χ3n) is 3.10. The van der Waals surface area contributed by atoms with E-state index >= 15 is 0 Å². The van der Waals surface area contributed by atoms with Crippen LogP contribution in [0.5, 0.6) is 0 Å². The summed E-state index contributed by atoms with van der Waals surface area (Å²) in [6.07, 6.45) is 0. The van der Waals surface area contributed by atoms with Crippen molar-refractivity contribution in [2.24, 2.45) is 0 Å². The highest BCUT2D eigenvalue weighted by atomic mass is 35.5. The predicted octanol–water partition coefficient (Wildman–Crippen LogP) is 6.66. The monoisotopic (exact) mass is 359 g/mol. The third kappa shape index (κ3) is 2.95. The first-order valence-corrected chi connectivity index (χ1v) is 7.62. The van der Waals surface area contributed by atoms with Crippen LogP contribution in [0.2, 0.25) is 20.3 Å². The van der Waals surface area contributed by atoms with E-state index in [1.807, 2.05) is 24.3 Å². The molecule has 0 saturated carbocycles. The number of para-hydroxylation sites is 1. The van der Waals surface area contributed by atoms with E-state index in [0.29, 0.717) is 32.5 Å². The number of furan rings is 1. The third-order valence-corrected chi connectivity index (χ3v) is 4.22. The zero-order chi connectivity index (χ0) is 15.0. The minimum absolute atomic E-state index is 0.352. The number of rotatable bonds is 3. The Morgan fingerprint density at radius 1 is 0.952 bits per heavy atom. The summed E-state index contributed by atoms with van der Waals surface area (Å²) in [5, 5.41) is 5.88. The van der Waals surface area contributed by atoms with E-state index in [9.17, 15) is 0 Å². The van der Waals surface area contributed by atoms with Crippen molar-refractivity contribution in [2.75, 3.05) is 5.32 Å². The molecule has 6 heteroatoms. The van der Waals surface area contributed by atoms with Crippen molar-refractivity contribution in [3.05, 3.63) is 62.2 Å². The Balaban J connectivity index is 1.92. The first-order chi connectivity index (χ1) is 10.1. The van der Waals surface area contributed by atoms with Gasteiger partial charge in [-0.1, -0.05) is 53.0 Å². The summed E-state index contributed by atoms with van der Waals surface area (Å²) in [6, 6.07) is 10.9. The summed E-state index contributed by atoms with van der Waals surface area (Å²) in [5.74, 6) is 0. The molecule has 0 unspecified atom stereocenters. The Bertz CT molecular complexity index is 790. The maximum absolute atomic E-state index is 6.15. The lowest BCUT2D eigenvalue weighted by molar-refractivity contribution is 0.613. The van der Waals surface area contributed by atoms with Crippen LogP contribution in [0.15, 0.2) is 40.8 Å². The van der Waals surface area contributed by atoms with Crippen LogP contribution in [-0.2, 0) is 6.54 Å². The van der Waals surface area contributed by atoms with Gasteiger partial charge in [0.2, 0.25) is 0 Å². The molecule has 1 aromatic heterocycles. The van der Waals surface area contributed by atoms with Crippen LogP contribution in [0.4, 0.5) is 5.69 Å². The lowest BCUT2D eigenvalue weighted by atomic mass is 10.2. The molecule has 0 radical (unpaired) electrons. The van der Waals surface area contributed by atoms with Gasteiger partial charge in [0.1, 0.15) is 5.58 Å². The van der Waals surface area contributed by atoms with E-state index in [-0.39, 0.29) is 0 Å². The van der Waals surface area contributed by atoms with E-state index < -0.39 is 0 Å². The van der Waals surface area contributed by atoms with Crippen LogP contribution in [0, 0.1) is 0 Å². The summed E-state index contributed by atoms with van der Waals surface area (Å²) in [5.41, 5.74) is 2.21. The van der Waals surface area contributed by atoms with Gasteiger partial charge in [0.05, 0.1) is 15.7 Å². The summed E-state index contributed by atoms with van der Waals surface area (Å²) >= 11 is 24.3. The van der Waals surface area contributed by atoms with Crippen LogP contribution in [0.25, 0.3) is 11.0 Å².